The Labute approximate surface area is 73.4 Å². The first kappa shape index (κ1) is 9.96. The summed E-state index contributed by atoms with van der Waals surface area (Å²) in [5, 5.41) is 19.0. The van der Waals surface area contributed by atoms with Crippen LogP contribution in [0.25, 0.3) is 0 Å². The highest BCUT2D eigenvalue weighted by Gasteiger charge is 2.35. The van der Waals surface area contributed by atoms with Gasteiger partial charge in [-0.3, -0.25) is 0 Å². The van der Waals surface area contributed by atoms with Crippen LogP contribution in [0.3, 0.4) is 0 Å². The molecule has 0 aromatic carbocycles. The molecule has 1 fully saturated rings. The molecule has 1 heterocycles. The Morgan fingerprint density at radius 2 is 1.92 bits per heavy atom. The van der Waals surface area contributed by atoms with Crippen molar-refractivity contribution < 1.29 is 14.9 Å². The van der Waals surface area contributed by atoms with Gasteiger partial charge < -0.3 is 14.9 Å². The highest BCUT2D eigenvalue weighted by Crippen LogP contribution is 2.28. The van der Waals surface area contributed by atoms with Gasteiger partial charge in [0.2, 0.25) is 0 Å². The molecule has 72 valence electrons. The third-order valence-electron chi connectivity index (χ3n) is 2.46. The van der Waals surface area contributed by atoms with Crippen molar-refractivity contribution in [2.75, 3.05) is 0 Å². The molecule has 12 heavy (non-hydrogen) atoms. The van der Waals surface area contributed by atoms with E-state index in [-0.39, 0.29) is 12.0 Å². The molecule has 2 N–H and O–H groups in total. The topological polar surface area (TPSA) is 49.7 Å². The molecule has 0 aromatic rings. The summed E-state index contributed by atoms with van der Waals surface area (Å²) in [7, 11) is 0. The van der Waals surface area contributed by atoms with E-state index >= 15 is 0 Å². The monoisotopic (exact) mass is 174 g/mol. The fraction of sp³-hybridized carbons (Fsp3) is 1.00. The predicted molar refractivity (Wildman–Crippen MR) is 45.6 cm³/mol. The standard InChI is InChI=1S/C9H18O3/c1-6-4-5-7(9(2,3)11)12-8(6)10/h6-8,10-11H,4-5H2,1-3H3. The second-order valence-corrected chi connectivity index (χ2v) is 4.22. The van der Waals surface area contributed by atoms with E-state index in [4.69, 9.17) is 4.74 Å². The molecule has 1 rings (SSSR count). The fourth-order valence-electron chi connectivity index (χ4n) is 1.45. The Hall–Kier alpha value is -0.120. The summed E-state index contributed by atoms with van der Waals surface area (Å²) in [5.74, 6) is 0.184. The van der Waals surface area contributed by atoms with Gasteiger partial charge in [0.15, 0.2) is 6.29 Å². The van der Waals surface area contributed by atoms with E-state index in [1.807, 2.05) is 6.92 Å². The van der Waals surface area contributed by atoms with E-state index < -0.39 is 11.9 Å². The van der Waals surface area contributed by atoms with Crippen molar-refractivity contribution in [1.29, 1.82) is 0 Å². The van der Waals surface area contributed by atoms with Crippen molar-refractivity contribution in [3.8, 4) is 0 Å². The Morgan fingerprint density at radius 3 is 2.33 bits per heavy atom. The summed E-state index contributed by atoms with van der Waals surface area (Å²) < 4.78 is 5.27. The van der Waals surface area contributed by atoms with Crippen LogP contribution in [0.5, 0.6) is 0 Å². The maximum Gasteiger partial charge on any atom is 0.157 e. The second-order valence-electron chi connectivity index (χ2n) is 4.22. The van der Waals surface area contributed by atoms with E-state index in [1.54, 1.807) is 13.8 Å². The largest absolute Gasteiger partial charge is 0.388 e. The SMILES string of the molecule is CC1CCC(C(C)(C)O)OC1O. The fourth-order valence-corrected chi connectivity index (χ4v) is 1.45. The Balaban J connectivity index is 2.51. The molecule has 0 amide bonds. The number of hydrogen-bond donors (Lipinski definition) is 2. The molecule has 0 aromatic heterocycles. The van der Waals surface area contributed by atoms with Gasteiger partial charge in [0.1, 0.15) is 0 Å². The van der Waals surface area contributed by atoms with Gasteiger partial charge in [-0.15, -0.1) is 0 Å². The zero-order valence-corrected chi connectivity index (χ0v) is 7.95. The van der Waals surface area contributed by atoms with E-state index in [2.05, 4.69) is 0 Å². The lowest BCUT2D eigenvalue weighted by atomic mass is 9.90. The average molecular weight is 174 g/mol. The number of aliphatic hydroxyl groups excluding tert-OH is 1. The molecule has 3 atom stereocenters. The zero-order chi connectivity index (χ0) is 9.35. The molecule has 1 saturated heterocycles. The minimum atomic E-state index is -0.846. The molecule has 1 aliphatic heterocycles. The predicted octanol–water partition coefficient (Wildman–Crippen LogP) is 0.891. The summed E-state index contributed by atoms with van der Waals surface area (Å²) in [4.78, 5) is 0. The lowest BCUT2D eigenvalue weighted by Gasteiger charge is -2.37. The third-order valence-corrected chi connectivity index (χ3v) is 2.46. The first-order chi connectivity index (χ1) is 5.41. The molecular weight excluding hydrogens is 156 g/mol. The highest BCUT2D eigenvalue weighted by atomic mass is 16.6. The molecular formula is C9H18O3. The Kier molecular flexibility index (Phi) is 2.76. The van der Waals surface area contributed by atoms with Crippen LogP contribution in [-0.4, -0.2) is 28.2 Å². The quantitative estimate of drug-likeness (QED) is 0.620. The summed E-state index contributed by atoms with van der Waals surface area (Å²) in [6.45, 7) is 5.37. The van der Waals surface area contributed by atoms with E-state index in [9.17, 15) is 10.2 Å². The van der Waals surface area contributed by atoms with Gasteiger partial charge in [0, 0.05) is 5.92 Å². The molecule has 0 spiro atoms. The highest BCUT2D eigenvalue weighted by molar-refractivity contribution is 4.82. The van der Waals surface area contributed by atoms with Crippen molar-refractivity contribution >= 4 is 0 Å². The maximum atomic E-state index is 9.61. The zero-order valence-electron chi connectivity index (χ0n) is 7.95. The molecule has 0 aliphatic carbocycles. The van der Waals surface area contributed by atoms with Crippen LogP contribution >= 0.6 is 0 Å². The summed E-state index contributed by atoms with van der Waals surface area (Å²) >= 11 is 0. The van der Waals surface area contributed by atoms with Gasteiger partial charge >= 0.3 is 0 Å². The van der Waals surface area contributed by atoms with Crippen LogP contribution in [0, 0.1) is 5.92 Å². The normalized spacial score (nSPS) is 38.2. The van der Waals surface area contributed by atoms with Crippen LogP contribution < -0.4 is 0 Å². The Morgan fingerprint density at radius 1 is 1.33 bits per heavy atom. The van der Waals surface area contributed by atoms with Gasteiger partial charge in [-0.2, -0.15) is 0 Å². The average Bonchev–Trinajstić information content (AvgIpc) is 1.92. The van der Waals surface area contributed by atoms with Gasteiger partial charge in [-0.25, -0.2) is 0 Å². The first-order valence-electron chi connectivity index (χ1n) is 4.47. The van der Waals surface area contributed by atoms with Crippen molar-refractivity contribution in [3.63, 3.8) is 0 Å². The molecule has 3 unspecified atom stereocenters. The summed E-state index contributed by atoms with van der Waals surface area (Å²) in [6, 6.07) is 0. The van der Waals surface area contributed by atoms with Crippen molar-refractivity contribution in [2.45, 2.75) is 51.6 Å². The summed E-state index contributed by atoms with van der Waals surface area (Å²) in [5.41, 5.74) is -0.846. The van der Waals surface area contributed by atoms with E-state index in [0.29, 0.717) is 0 Å². The molecule has 0 saturated carbocycles. The van der Waals surface area contributed by atoms with Gasteiger partial charge in [0.05, 0.1) is 11.7 Å². The number of ether oxygens (including phenoxy) is 1. The first-order valence-corrected chi connectivity index (χ1v) is 4.47. The summed E-state index contributed by atoms with van der Waals surface area (Å²) in [6.07, 6.45) is 0.788. The van der Waals surface area contributed by atoms with E-state index in [0.717, 1.165) is 12.8 Å². The van der Waals surface area contributed by atoms with Crippen molar-refractivity contribution in [2.24, 2.45) is 5.92 Å². The van der Waals surface area contributed by atoms with Crippen LogP contribution in [0.4, 0.5) is 0 Å². The minimum absolute atomic E-state index is 0.184. The second kappa shape index (κ2) is 3.32. The third kappa shape index (κ3) is 2.19. The van der Waals surface area contributed by atoms with Crippen LogP contribution in [-0.2, 0) is 4.74 Å². The lowest BCUT2D eigenvalue weighted by Crippen LogP contribution is -2.45. The van der Waals surface area contributed by atoms with Crippen molar-refractivity contribution in [1.82, 2.24) is 0 Å². The molecule has 1 aliphatic rings. The Bertz CT molecular complexity index is 150. The van der Waals surface area contributed by atoms with E-state index in [1.165, 1.54) is 0 Å². The van der Waals surface area contributed by atoms with Gasteiger partial charge in [-0.05, 0) is 26.7 Å². The molecule has 3 nitrogen and oxygen atoms in total. The van der Waals surface area contributed by atoms with Crippen LogP contribution in [0.15, 0.2) is 0 Å². The minimum Gasteiger partial charge on any atom is -0.388 e. The van der Waals surface area contributed by atoms with Gasteiger partial charge in [-0.1, -0.05) is 6.92 Å². The number of rotatable bonds is 1. The number of aliphatic hydroxyl groups is 2. The van der Waals surface area contributed by atoms with Crippen LogP contribution in [0.1, 0.15) is 33.6 Å². The molecule has 3 heteroatoms. The smallest absolute Gasteiger partial charge is 0.157 e. The van der Waals surface area contributed by atoms with Crippen LogP contribution in [0.2, 0.25) is 0 Å². The molecule has 0 radical (unpaired) electrons. The molecule has 0 bridgehead atoms. The van der Waals surface area contributed by atoms with Crippen molar-refractivity contribution in [3.05, 3.63) is 0 Å². The number of hydrogen-bond acceptors (Lipinski definition) is 3. The van der Waals surface area contributed by atoms with Gasteiger partial charge in [0.25, 0.3) is 0 Å². The maximum absolute atomic E-state index is 9.61. The lowest BCUT2D eigenvalue weighted by molar-refractivity contribution is -0.230.